The summed E-state index contributed by atoms with van der Waals surface area (Å²) in [7, 11) is 0. The van der Waals surface area contributed by atoms with Crippen molar-refractivity contribution in [3.63, 3.8) is 0 Å². The van der Waals surface area contributed by atoms with Gasteiger partial charge in [0.2, 0.25) is 0 Å². The van der Waals surface area contributed by atoms with Crippen LogP contribution in [0.25, 0.3) is 0 Å². The average molecular weight is 352 g/mol. The largest absolute Gasteiger partial charge is 0.363 e. The van der Waals surface area contributed by atoms with Crippen LogP contribution in [-0.2, 0) is 5.54 Å². The van der Waals surface area contributed by atoms with Crippen LogP contribution in [0.15, 0.2) is 35.1 Å². The van der Waals surface area contributed by atoms with E-state index in [0.717, 1.165) is 15.9 Å². The summed E-state index contributed by atoms with van der Waals surface area (Å²) >= 11 is 9.33. The molecule has 0 radical (unpaired) electrons. The Hall–Kier alpha value is -1.64. The second-order valence-electron chi connectivity index (χ2n) is 4.48. The minimum atomic E-state index is -0.967. The van der Waals surface area contributed by atoms with Crippen LogP contribution in [0.5, 0.6) is 0 Å². The van der Waals surface area contributed by atoms with Crippen molar-refractivity contribution in [3.8, 4) is 6.07 Å². The molecule has 1 atom stereocenters. The molecular weight excluding hydrogens is 340 g/mol. The third kappa shape index (κ3) is 2.92. The van der Waals surface area contributed by atoms with Crippen molar-refractivity contribution in [1.82, 2.24) is 9.97 Å². The van der Waals surface area contributed by atoms with Crippen LogP contribution in [0.2, 0.25) is 5.02 Å². The Bertz CT molecular complexity index is 683. The zero-order chi connectivity index (χ0) is 14.8. The van der Waals surface area contributed by atoms with E-state index in [2.05, 4.69) is 37.3 Å². The molecule has 1 aromatic heterocycles. The Balaban J connectivity index is 2.40. The molecule has 2 aromatic rings. The average Bonchev–Trinajstić information content (AvgIpc) is 2.43. The number of aromatic nitrogens is 2. The molecule has 0 saturated carbocycles. The molecule has 2 rings (SSSR count). The first-order valence-corrected chi connectivity index (χ1v) is 7.06. The zero-order valence-corrected chi connectivity index (χ0v) is 13.3. The van der Waals surface area contributed by atoms with Crippen LogP contribution in [-0.4, -0.2) is 9.97 Å². The third-order valence-electron chi connectivity index (χ3n) is 2.89. The second kappa shape index (κ2) is 5.78. The first-order valence-electron chi connectivity index (χ1n) is 5.89. The van der Waals surface area contributed by atoms with E-state index in [1.165, 1.54) is 0 Å². The SMILES string of the molecule is Cc1nccnc1C(C)(C#N)Nc1ccc(Cl)c(Br)c1. The number of rotatable bonds is 3. The van der Waals surface area contributed by atoms with Gasteiger partial charge < -0.3 is 5.32 Å². The van der Waals surface area contributed by atoms with E-state index in [0.29, 0.717) is 10.7 Å². The van der Waals surface area contributed by atoms with Gasteiger partial charge in [-0.05, 0) is 48.0 Å². The van der Waals surface area contributed by atoms with Crippen LogP contribution in [0, 0.1) is 18.3 Å². The number of nitrogens with zero attached hydrogens (tertiary/aromatic N) is 3. The van der Waals surface area contributed by atoms with Gasteiger partial charge in [-0.2, -0.15) is 5.26 Å². The van der Waals surface area contributed by atoms with Crippen LogP contribution in [0.3, 0.4) is 0 Å². The van der Waals surface area contributed by atoms with Gasteiger partial charge in [0.25, 0.3) is 0 Å². The van der Waals surface area contributed by atoms with Crippen molar-refractivity contribution < 1.29 is 0 Å². The Kier molecular flexibility index (Phi) is 4.26. The summed E-state index contributed by atoms with van der Waals surface area (Å²) in [6.45, 7) is 3.60. The summed E-state index contributed by atoms with van der Waals surface area (Å²) in [6, 6.07) is 7.65. The van der Waals surface area contributed by atoms with E-state index in [4.69, 9.17) is 11.6 Å². The minimum absolute atomic E-state index is 0.605. The lowest BCUT2D eigenvalue weighted by Crippen LogP contribution is -2.32. The van der Waals surface area contributed by atoms with Crippen molar-refractivity contribution >= 4 is 33.2 Å². The summed E-state index contributed by atoms with van der Waals surface area (Å²) in [5, 5.41) is 13.3. The zero-order valence-electron chi connectivity index (χ0n) is 11.0. The molecule has 0 saturated heterocycles. The molecule has 0 aliphatic rings. The van der Waals surface area contributed by atoms with Gasteiger partial charge in [-0.25, -0.2) is 0 Å². The maximum atomic E-state index is 9.53. The molecule has 102 valence electrons. The molecule has 4 nitrogen and oxygen atoms in total. The van der Waals surface area contributed by atoms with Crippen LogP contribution in [0.1, 0.15) is 18.3 Å². The fourth-order valence-electron chi connectivity index (χ4n) is 1.90. The van der Waals surface area contributed by atoms with E-state index in [1.54, 1.807) is 25.4 Å². The molecule has 0 aliphatic carbocycles. The number of benzene rings is 1. The lowest BCUT2D eigenvalue weighted by molar-refractivity contribution is 0.663. The number of anilines is 1. The number of aryl methyl sites for hydroxylation is 1. The number of halogens is 2. The normalized spacial score (nSPS) is 13.3. The van der Waals surface area contributed by atoms with Crippen molar-refractivity contribution in [2.45, 2.75) is 19.4 Å². The number of hydrogen-bond acceptors (Lipinski definition) is 4. The molecule has 1 unspecified atom stereocenters. The van der Waals surface area contributed by atoms with Crippen molar-refractivity contribution in [2.24, 2.45) is 0 Å². The summed E-state index contributed by atoms with van der Waals surface area (Å²) in [6.07, 6.45) is 3.19. The molecule has 1 heterocycles. The van der Waals surface area contributed by atoms with Gasteiger partial charge in [0.15, 0.2) is 5.54 Å². The third-order valence-corrected chi connectivity index (χ3v) is 4.11. The highest BCUT2D eigenvalue weighted by atomic mass is 79.9. The van der Waals surface area contributed by atoms with Crippen LogP contribution in [0.4, 0.5) is 5.69 Å². The van der Waals surface area contributed by atoms with E-state index >= 15 is 0 Å². The van der Waals surface area contributed by atoms with Crippen molar-refractivity contribution in [2.75, 3.05) is 5.32 Å². The maximum absolute atomic E-state index is 9.53. The lowest BCUT2D eigenvalue weighted by atomic mass is 9.97. The highest BCUT2D eigenvalue weighted by molar-refractivity contribution is 9.10. The summed E-state index contributed by atoms with van der Waals surface area (Å²) in [5.41, 5.74) is 1.13. The number of hydrogen-bond donors (Lipinski definition) is 1. The molecular formula is C14H12BrClN4. The first-order chi connectivity index (χ1) is 9.46. The molecule has 6 heteroatoms. The molecule has 0 fully saturated rings. The Morgan fingerprint density at radius 2 is 2.05 bits per heavy atom. The number of nitriles is 1. The predicted octanol–water partition coefficient (Wildman–Crippen LogP) is 4.05. The van der Waals surface area contributed by atoms with Crippen molar-refractivity contribution in [1.29, 1.82) is 5.26 Å². The molecule has 1 aromatic carbocycles. The second-order valence-corrected chi connectivity index (χ2v) is 5.74. The fraction of sp³-hybridized carbons (Fsp3) is 0.214. The van der Waals surface area contributed by atoms with Gasteiger partial charge in [-0.1, -0.05) is 11.6 Å². The molecule has 0 amide bonds. The summed E-state index contributed by atoms with van der Waals surface area (Å²) in [4.78, 5) is 8.45. The number of nitrogens with one attached hydrogen (secondary N) is 1. The smallest absolute Gasteiger partial charge is 0.167 e. The molecule has 0 bridgehead atoms. The first kappa shape index (κ1) is 14.8. The molecule has 0 aliphatic heterocycles. The van der Waals surface area contributed by atoms with Gasteiger partial charge in [-0.15, -0.1) is 0 Å². The summed E-state index contributed by atoms with van der Waals surface area (Å²) in [5.74, 6) is 0. The van der Waals surface area contributed by atoms with Crippen LogP contribution >= 0.6 is 27.5 Å². The van der Waals surface area contributed by atoms with Gasteiger partial charge in [-0.3, -0.25) is 9.97 Å². The fourth-order valence-corrected chi connectivity index (χ4v) is 2.40. The van der Waals surface area contributed by atoms with Gasteiger partial charge in [0.1, 0.15) is 5.69 Å². The van der Waals surface area contributed by atoms with Gasteiger partial charge >= 0.3 is 0 Å². The minimum Gasteiger partial charge on any atom is -0.363 e. The van der Waals surface area contributed by atoms with E-state index in [-0.39, 0.29) is 0 Å². The summed E-state index contributed by atoms with van der Waals surface area (Å²) < 4.78 is 0.764. The molecule has 0 spiro atoms. The Morgan fingerprint density at radius 3 is 2.65 bits per heavy atom. The monoisotopic (exact) mass is 350 g/mol. The maximum Gasteiger partial charge on any atom is 0.167 e. The van der Waals surface area contributed by atoms with Gasteiger partial charge in [0.05, 0.1) is 16.8 Å². The lowest BCUT2D eigenvalue weighted by Gasteiger charge is -2.25. The topological polar surface area (TPSA) is 61.6 Å². The van der Waals surface area contributed by atoms with E-state index < -0.39 is 5.54 Å². The van der Waals surface area contributed by atoms with Crippen LogP contribution < -0.4 is 5.32 Å². The van der Waals surface area contributed by atoms with Gasteiger partial charge in [0, 0.05) is 22.6 Å². The van der Waals surface area contributed by atoms with E-state index in [9.17, 15) is 5.26 Å². The Labute approximate surface area is 131 Å². The quantitative estimate of drug-likeness (QED) is 0.906. The predicted molar refractivity (Wildman–Crippen MR) is 82.5 cm³/mol. The highest BCUT2D eigenvalue weighted by Gasteiger charge is 2.30. The molecule has 1 N–H and O–H groups in total. The Morgan fingerprint density at radius 1 is 1.35 bits per heavy atom. The molecule has 20 heavy (non-hydrogen) atoms. The highest BCUT2D eigenvalue weighted by Crippen LogP contribution is 2.30. The standard InChI is InChI=1S/C14H12BrClN4/c1-9-13(19-6-5-18-9)14(2,8-17)20-10-3-4-12(16)11(15)7-10/h3-7,20H,1-2H3. The van der Waals surface area contributed by atoms with Crippen molar-refractivity contribution in [3.05, 3.63) is 51.5 Å². The van der Waals surface area contributed by atoms with E-state index in [1.807, 2.05) is 19.1 Å².